The van der Waals surface area contributed by atoms with Crippen LogP contribution in [-0.4, -0.2) is 84.4 Å². The van der Waals surface area contributed by atoms with Crippen LogP contribution in [0.3, 0.4) is 0 Å². The van der Waals surface area contributed by atoms with E-state index in [-0.39, 0.29) is 23.5 Å². The maximum Gasteiger partial charge on any atom is 0.274 e. The van der Waals surface area contributed by atoms with Gasteiger partial charge in [0.1, 0.15) is 11.5 Å². The maximum atomic E-state index is 12.4. The summed E-state index contributed by atoms with van der Waals surface area (Å²) >= 11 is 0. The summed E-state index contributed by atoms with van der Waals surface area (Å²) in [7, 11) is -2.93. The molecule has 1 aromatic rings. The Hall–Kier alpha value is -1.74. The van der Waals surface area contributed by atoms with E-state index in [0.717, 1.165) is 19.6 Å². The summed E-state index contributed by atoms with van der Waals surface area (Å²) in [4.78, 5) is 24.9. The molecule has 0 saturated carbocycles. The Morgan fingerprint density at radius 3 is 2.54 bits per heavy atom. The van der Waals surface area contributed by atoms with E-state index in [1.807, 2.05) is 0 Å². The van der Waals surface area contributed by atoms with E-state index in [9.17, 15) is 13.2 Å². The molecule has 1 amide bonds. The van der Waals surface area contributed by atoms with Gasteiger partial charge in [-0.3, -0.25) is 4.79 Å². The first-order chi connectivity index (χ1) is 11.5. The molecule has 132 valence electrons. The fourth-order valence-corrected chi connectivity index (χ4v) is 4.73. The van der Waals surface area contributed by atoms with Crippen LogP contribution >= 0.6 is 0 Å². The smallest absolute Gasteiger partial charge is 0.274 e. The van der Waals surface area contributed by atoms with Gasteiger partial charge in [0.15, 0.2) is 9.84 Å². The number of carbonyl (C=O) groups is 1. The highest BCUT2D eigenvalue weighted by Crippen LogP contribution is 2.16. The predicted molar refractivity (Wildman–Crippen MR) is 90.7 cm³/mol. The Morgan fingerprint density at radius 2 is 2.00 bits per heavy atom. The van der Waals surface area contributed by atoms with Crippen molar-refractivity contribution in [2.45, 2.75) is 19.4 Å². The third-order valence-corrected chi connectivity index (χ3v) is 6.33. The van der Waals surface area contributed by atoms with Crippen LogP contribution in [0.4, 0.5) is 5.82 Å². The number of amides is 1. The van der Waals surface area contributed by atoms with Crippen molar-refractivity contribution < 1.29 is 13.2 Å². The zero-order valence-corrected chi connectivity index (χ0v) is 14.6. The van der Waals surface area contributed by atoms with Gasteiger partial charge >= 0.3 is 0 Å². The number of piperazine rings is 1. The van der Waals surface area contributed by atoms with Crippen molar-refractivity contribution in [3.8, 4) is 0 Å². The lowest BCUT2D eigenvalue weighted by atomic mass is 10.2. The van der Waals surface area contributed by atoms with Gasteiger partial charge in [-0.2, -0.15) is 0 Å². The van der Waals surface area contributed by atoms with Gasteiger partial charge in [0, 0.05) is 32.2 Å². The maximum absolute atomic E-state index is 12.4. The fraction of sp³-hybridized carbons (Fsp3) is 0.667. The quantitative estimate of drug-likeness (QED) is 0.804. The largest absolute Gasteiger partial charge is 0.365 e. The molecule has 1 atom stereocenters. The second-order valence-electron chi connectivity index (χ2n) is 6.26. The average Bonchev–Trinajstić information content (AvgIpc) is 2.93. The van der Waals surface area contributed by atoms with Crippen molar-refractivity contribution in [3.05, 3.63) is 18.1 Å². The third kappa shape index (κ3) is 4.02. The third-order valence-electron chi connectivity index (χ3n) is 4.56. The number of nitrogens with one attached hydrogen (secondary N) is 1. The molecule has 2 fully saturated rings. The number of rotatable bonds is 4. The molecule has 9 heteroatoms. The van der Waals surface area contributed by atoms with Gasteiger partial charge in [-0.1, -0.05) is 6.92 Å². The van der Waals surface area contributed by atoms with E-state index in [4.69, 9.17) is 0 Å². The molecular weight excluding hydrogens is 330 g/mol. The normalized spacial score (nSPS) is 24.0. The summed E-state index contributed by atoms with van der Waals surface area (Å²) < 4.78 is 22.9. The van der Waals surface area contributed by atoms with Crippen LogP contribution in [-0.2, 0) is 9.84 Å². The lowest BCUT2D eigenvalue weighted by Gasteiger charge is -2.33. The molecule has 0 aliphatic carbocycles. The molecule has 24 heavy (non-hydrogen) atoms. The molecule has 0 spiro atoms. The molecule has 2 aliphatic heterocycles. The number of hydrogen-bond acceptors (Lipinski definition) is 7. The Balaban J connectivity index is 1.57. The lowest BCUT2D eigenvalue weighted by molar-refractivity contribution is 0.0637. The number of anilines is 1. The van der Waals surface area contributed by atoms with Crippen LogP contribution < -0.4 is 5.32 Å². The minimum absolute atomic E-state index is 0.103. The van der Waals surface area contributed by atoms with E-state index >= 15 is 0 Å². The van der Waals surface area contributed by atoms with Gasteiger partial charge in [0.05, 0.1) is 23.9 Å². The molecule has 2 saturated heterocycles. The van der Waals surface area contributed by atoms with Crippen LogP contribution in [0.5, 0.6) is 0 Å². The van der Waals surface area contributed by atoms with E-state index in [2.05, 4.69) is 27.1 Å². The first kappa shape index (κ1) is 17.1. The number of nitrogens with zero attached hydrogens (tertiary/aromatic N) is 4. The first-order valence-corrected chi connectivity index (χ1v) is 10.1. The van der Waals surface area contributed by atoms with Crippen molar-refractivity contribution in [1.29, 1.82) is 0 Å². The number of likely N-dealkylation sites (N-methyl/N-ethyl adjacent to an activating group) is 1. The molecule has 2 aliphatic rings. The summed E-state index contributed by atoms with van der Waals surface area (Å²) in [6.45, 7) is 6.28. The van der Waals surface area contributed by atoms with Crippen LogP contribution in [0, 0.1) is 0 Å². The van der Waals surface area contributed by atoms with Crippen LogP contribution in [0.15, 0.2) is 12.4 Å². The average molecular weight is 353 g/mol. The van der Waals surface area contributed by atoms with Crippen molar-refractivity contribution in [2.75, 3.05) is 49.5 Å². The molecule has 0 aromatic carbocycles. The SMILES string of the molecule is CCN1CCN(C(=O)c2cnc(NC3CCS(=O)(=O)C3)cn2)CC1. The molecule has 1 aromatic heterocycles. The minimum atomic E-state index is -2.93. The van der Waals surface area contributed by atoms with Crippen molar-refractivity contribution in [2.24, 2.45) is 0 Å². The molecule has 3 heterocycles. The zero-order valence-electron chi connectivity index (χ0n) is 13.8. The highest BCUT2D eigenvalue weighted by molar-refractivity contribution is 7.91. The van der Waals surface area contributed by atoms with Gasteiger partial charge in [-0.05, 0) is 13.0 Å². The van der Waals surface area contributed by atoms with E-state index in [1.54, 1.807) is 4.90 Å². The number of sulfone groups is 1. The van der Waals surface area contributed by atoms with Crippen LogP contribution in [0.25, 0.3) is 0 Å². The first-order valence-electron chi connectivity index (χ1n) is 8.27. The second-order valence-corrected chi connectivity index (χ2v) is 8.49. The predicted octanol–water partition coefficient (Wildman–Crippen LogP) is -0.147. The molecule has 0 bridgehead atoms. The van der Waals surface area contributed by atoms with Gasteiger partial charge in [-0.15, -0.1) is 0 Å². The van der Waals surface area contributed by atoms with Gasteiger partial charge in [0.25, 0.3) is 5.91 Å². The van der Waals surface area contributed by atoms with Crippen molar-refractivity contribution >= 4 is 21.6 Å². The Bertz CT molecular complexity index is 684. The van der Waals surface area contributed by atoms with Gasteiger partial charge in [-0.25, -0.2) is 18.4 Å². The fourth-order valence-electron chi connectivity index (χ4n) is 3.06. The summed E-state index contributed by atoms with van der Waals surface area (Å²) in [6.07, 6.45) is 3.53. The second kappa shape index (κ2) is 7.02. The highest BCUT2D eigenvalue weighted by atomic mass is 32.2. The number of carbonyl (C=O) groups excluding carboxylic acids is 1. The van der Waals surface area contributed by atoms with E-state index in [0.29, 0.717) is 31.0 Å². The summed E-state index contributed by atoms with van der Waals surface area (Å²) in [6, 6.07) is -0.132. The molecule has 8 nitrogen and oxygen atoms in total. The topological polar surface area (TPSA) is 95.5 Å². The Morgan fingerprint density at radius 1 is 1.25 bits per heavy atom. The number of aromatic nitrogens is 2. The summed E-state index contributed by atoms with van der Waals surface area (Å²) in [5, 5.41) is 3.07. The monoisotopic (exact) mass is 353 g/mol. The molecule has 1 unspecified atom stereocenters. The Kier molecular flexibility index (Phi) is 5.00. The zero-order chi connectivity index (χ0) is 17.2. The number of hydrogen-bond donors (Lipinski definition) is 1. The van der Waals surface area contributed by atoms with Gasteiger partial charge < -0.3 is 15.1 Å². The summed E-state index contributed by atoms with van der Waals surface area (Å²) in [5.74, 6) is 0.729. The molecule has 1 N–H and O–H groups in total. The van der Waals surface area contributed by atoms with Crippen molar-refractivity contribution in [1.82, 2.24) is 19.8 Å². The molecule has 0 radical (unpaired) electrons. The lowest BCUT2D eigenvalue weighted by Crippen LogP contribution is -2.48. The molecule has 3 rings (SSSR count). The standard InChI is InChI=1S/C15H23N5O3S/c1-2-19-4-6-20(7-5-19)15(21)13-9-17-14(10-16-13)18-12-3-8-24(22,23)11-12/h9-10,12H,2-8,11H2,1H3,(H,17,18). The molecular formula is C15H23N5O3S. The van der Waals surface area contributed by atoms with Crippen LogP contribution in [0.1, 0.15) is 23.8 Å². The summed E-state index contributed by atoms with van der Waals surface area (Å²) in [5.41, 5.74) is 0.324. The van der Waals surface area contributed by atoms with Gasteiger partial charge in [0.2, 0.25) is 0 Å². The highest BCUT2D eigenvalue weighted by Gasteiger charge is 2.28. The van der Waals surface area contributed by atoms with Crippen molar-refractivity contribution in [3.63, 3.8) is 0 Å². The van der Waals surface area contributed by atoms with E-state index < -0.39 is 9.84 Å². The Labute approximate surface area is 142 Å². The van der Waals surface area contributed by atoms with Crippen LogP contribution in [0.2, 0.25) is 0 Å². The van der Waals surface area contributed by atoms with E-state index in [1.165, 1.54) is 12.4 Å². The minimum Gasteiger partial charge on any atom is -0.365 e.